The zero-order chi connectivity index (χ0) is 24.0. The molecule has 2 aliphatic rings. The Morgan fingerprint density at radius 2 is 1.74 bits per heavy atom. The zero-order valence-corrected chi connectivity index (χ0v) is 19.8. The van der Waals surface area contributed by atoms with E-state index in [1.807, 2.05) is 0 Å². The van der Waals surface area contributed by atoms with Gasteiger partial charge in [0, 0.05) is 51.1 Å². The van der Waals surface area contributed by atoms with Gasteiger partial charge in [-0.3, -0.25) is 9.69 Å². The van der Waals surface area contributed by atoms with Crippen molar-refractivity contribution < 1.29 is 27.1 Å². The largest absolute Gasteiger partial charge is 0.490 e. The summed E-state index contributed by atoms with van der Waals surface area (Å²) in [5.74, 6) is 0.510. The molecule has 0 unspecified atom stereocenters. The first-order valence-corrected chi connectivity index (χ1v) is 13.0. The minimum Gasteiger partial charge on any atom is -0.490 e. The molecule has 0 atom stereocenters. The monoisotopic (exact) mass is 491 g/mol. The molecule has 2 aliphatic heterocycles. The van der Waals surface area contributed by atoms with E-state index in [0.717, 1.165) is 44.5 Å². The molecule has 34 heavy (non-hydrogen) atoms. The first-order valence-electron chi connectivity index (χ1n) is 11.5. The first-order chi connectivity index (χ1) is 16.4. The predicted molar refractivity (Wildman–Crippen MR) is 125 cm³/mol. The maximum Gasteiger partial charge on any atom is 0.240 e. The minimum atomic E-state index is -3.77. The SMILES string of the molecule is O=C(CCNS(=O)(=O)c1ccc2c(c1)OCCCO2)NC1CCN(Cc2ccc(F)cc2)CC1. The molecule has 0 aromatic heterocycles. The van der Waals surface area contributed by atoms with Crippen LogP contribution in [0.2, 0.25) is 0 Å². The third-order valence-corrected chi connectivity index (χ3v) is 7.40. The van der Waals surface area contributed by atoms with Crippen LogP contribution in [0.5, 0.6) is 11.5 Å². The van der Waals surface area contributed by atoms with Crippen LogP contribution < -0.4 is 19.5 Å². The molecular weight excluding hydrogens is 461 g/mol. The van der Waals surface area contributed by atoms with Crippen molar-refractivity contribution in [2.75, 3.05) is 32.8 Å². The second kappa shape index (κ2) is 11.2. The molecule has 0 aliphatic carbocycles. The number of halogens is 1. The number of piperidine rings is 1. The number of likely N-dealkylation sites (tertiary alicyclic amines) is 1. The summed E-state index contributed by atoms with van der Waals surface area (Å²) in [6.07, 6.45) is 2.42. The van der Waals surface area contributed by atoms with Gasteiger partial charge in [0.15, 0.2) is 11.5 Å². The lowest BCUT2D eigenvalue weighted by Gasteiger charge is -2.32. The van der Waals surface area contributed by atoms with E-state index in [2.05, 4.69) is 14.9 Å². The second-order valence-electron chi connectivity index (χ2n) is 8.55. The fourth-order valence-electron chi connectivity index (χ4n) is 4.08. The van der Waals surface area contributed by atoms with Crippen molar-refractivity contribution in [3.63, 3.8) is 0 Å². The van der Waals surface area contributed by atoms with Crippen molar-refractivity contribution in [3.8, 4) is 11.5 Å². The molecule has 8 nitrogen and oxygen atoms in total. The maximum atomic E-state index is 13.1. The Balaban J connectivity index is 1.19. The van der Waals surface area contributed by atoms with Crippen LogP contribution in [-0.2, 0) is 21.4 Å². The molecule has 184 valence electrons. The van der Waals surface area contributed by atoms with E-state index in [4.69, 9.17) is 9.47 Å². The third kappa shape index (κ3) is 6.68. The van der Waals surface area contributed by atoms with Gasteiger partial charge in [0.2, 0.25) is 15.9 Å². The van der Waals surface area contributed by atoms with Gasteiger partial charge in [-0.15, -0.1) is 0 Å². The van der Waals surface area contributed by atoms with E-state index < -0.39 is 10.0 Å². The molecule has 0 spiro atoms. The van der Waals surface area contributed by atoms with Gasteiger partial charge in [-0.05, 0) is 42.7 Å². The molecule has 0 radical (unpaired) electrons. The van der Waals surface area contributed by atoms with E-state index >= 15 is 0 Å². The molecule has 0 bridgehead atoms. The molecule has 4 rings (SSSR count). The van der Waals surface area contributed by atoms with Crippen LogP contribution in [0, 0.1) is 5.82 Å². The fraction of sp³-hybridized carbons (Fsp3) is 0.458. The lowest BCUT2D eigenvalue weighted by molar-refractivity contribution is -0.121. The van der Waals surface area contributed by atoms with Crippen LogP contribution in [0.3, 0.4) is 0 Å². The highest BCUT2D eigenvalue weighted by Crippen LogP contribution is 2.31. The highest BCUT2D eigenvalue weighted by molar-refractivity contribution is 7.89. The third-order valence-electron chi connectivity index (χ3n) is 5.95. The summed E-state index contributed by atoms with van der Waals surface area (Å²) >= 11 is 0. The van der Waals surface area contributed by atoms with Crippen molar-refractivity contribution >= 4 is 15.9 Å². The van der Waals surface area contributed by atoms with Crippen LogP contribution >= 0.6 is 0 Å². The van der Waals surface area contributed by atoms with Crippen molar-refractivity contribution in [1.82, 2.24) is 14.9 Å². The fourth-order valence-corrected chi connectivity index (χ4v) is 5.12. The molecule has 2 heterocycles. The van der Waals surface area contributed by atoms with Crippen LogP contribution in [0.25, 0.3) is 0 Å². The molecular formula is C24H30FN3O5S. The molecule has 0 saturated carbocycles. The topological polar surface area (TPSA) is 97.0 Å². The Morgan fingerprint density at radius 1 is 1.03 bits per heavy atom. The molecule has 2 N–H and O–H groups in total. The molecule has 2 aromatic carbocycles. The number of ether oxygens (including phenoxy) is 2. The molecule has 1 fully saturated rings. The van der Waals surface area contributed by atoms with Crippen molar-refractivity contribution in [2.45, 2.75) is 43.2 Å². The Bertz CT molecular complexity index is 1090. The number of fused-ring (bicyclic) bond motifs is 1. The molecule has 1 amide bonds. The van der Waals surface area contributed by atoms with Gasteiger partial charge < -0.3 is 14.8 Å². The van der Waals surface area contributed by atoms with Crippen LogP contribution in [-0.4, -0.2) is 58.1 Å². The van der Waals surface area contributed by atoms with Crippen molar-refractivity contribution in [3.05, 3.63) is 53.8 Å². The second-order valence-corrected chi connectivity index (χ2v) is 10.3. The normalized spacial score (nSPS) is 17.2. The average molecular weight is 492 g/mol. The standard InChI is InChI=1S/C24H30FN3O5S/c25-19-4-2-18(3-5-19)17-28-12-9-20(10-13-28)27-24(29)8-11-26-34(30,31)21-6-7-22-23(16-21)33-15-1-14-32-22/h2-7,16,20,26H,1,8-15,17H2,(H,27,29). The number of rotatable bonds is 8. The van der Waals surface area contributed by atoms with Crippen LogP contribution in [0.1, 0.15) is 31.2 Å². The maximum absolute atomic E-state index is 13.1. The lowest BCUT2D eigenvalue weighted by atomic mass is 10.0. The smallest absolute Gasteiger partial charge is 0.240 e. The Morgan fingerprint density at radius 3 is 2.47 bits per heavy atom. The van der Waals surface area contributed by atoms with Gasteiger partial charge in [0.05, 0.1) is 18.1 Å². The summed E-state index contributed by atoms with van der Waals surface area (Å²) < 4.78 is 51.9. The van der Waals surface area contributed by atoms with E-state index in [-0.39, 0.29) is 35.6 Å². The molecule has 10 heteroatoms. The number of hydrogen-bond donors (Lipinski definition) is 2. The number of nitrogens with zero attached hydrogens (tertiary/aromatic N) is 1. The van der Waals surface area contributed by atoms with Crippen molar-refractivity contribution in [2.24, 2.45) is 0 Å². The highest BCUT2D eigenvalue weighted by Gasteiger charge is 2.22. The Kier molecular flexibility index (Phi) is 8.02. The quantitative estimate of drug-likeness (QED) is 0.589. The number of carbonyl (C=O) groups excluding carboxylic acids is 1. The summed E-state index contributed by atoms with van der Waals surface area (Å²) in [5.41, 5.74) is 1.06. The zero-order valence-electron chi connectivity index (χ0n) is 19.0. The number of benzene rings is 2. The summed E-state index contributed by atoms with van der Waals surface area (Å²) in [6, 6.07) is 11.1. The Hall–Kier alpha value is -2.69. The summed E-state index contributed by atoms with van der Waals surface area (Å²) in [4.78, 5) is 14.7. The average Bonchev–Trinajstić information content (AvgIpc) is 3.07. The van der Waals surface area contributed by atoms with Gasteiger partial charge in [0.1, 0.15) is 5.82 Å². The van der Waals surface area contributed by atoms with Crippen LogP contribution in [0.4, 0.5) is 4.39 Å². The minimum absolute atomic E-state index is 0.00597. The van der Waals surface area contributed by atoms with E-state index in [0.29, 0.717) is 24.7 Å². The van der Waals surface area contributed by atoms with Crippen molar-refractivity contribution in [1.29, 1.82) is 0 Å². The number of sulfonamides is 1. The molecule has 1 saturated heterocycles. The van der Waals surface area contributed by atoms with Gasteiger partial charge in [-0.2, -0.15) is 0 Å². The van der Waals surface area contributed by atoms with Gasteiger partial charge in [-0.1, -0.05) is 12.1 Å². The number of amides is 1. The Labute approximate surface area is 199 Å². The first kappa shape index (κ1) is 24.4. The summed E-state index contributed by atoms with van der Waals surface area (Å²) in [6.45, 7) is 3.42. The van der Waals surface area contributed by atoms with Gasteiger partial charge in [0.25, 0.3) is 0 Å². The number of nitrogens with one attached hydrogen (secondary N) is 2. The summed E-state index contributed by atoms with van der Waals surface area (Å²) in [5, 5.41) is 3.00. The number of hydrogen-bond acceptors (Lipinski definition) is 6. The van der Waals surface area contributed by atoms with Gasteiger partial charge in [-0.25, -0.2) is 17.5 Å². The van der Waals surface area contributed by atoms with E-state index in [1.165, 1.54) is 24.3 Å². The summed E-state index contributed by atoms with van der Waals surface area (Å²) in [7, 11) is -3.77. The van der Waals surface area contributed by atoms with E-state index in [9.17, 15) is 17.6 Å². The highest BCUT2D eigenvalue weighted by atomic mass is 32.2. The molecule has 2 aromatic rings. The lowest BCUT2D eigenvalue weighted by Crippen LogP contribution is -2.45. The predicted octanol–water partition coefficient (Wildman–Crippen LogP) is 2.44. The van der Waals surface area contributed by atoms with Crippen LogP contribution in [0.15, 0.2) is 47.4 Å². The van der Waals surface area contributed by atoms with Gasteiger partial charge >= 0.3 is 0 Å². The number of carbonyl (C=O) groups is 1. The van der Waals surface area contributed by atoms with E-state index in [1.54, 1.807) is 18.2 Å².